The fourth-order valence-electron chi connectivity index (χ4n) is 1.63. The first kappa shape index (κ1) is 11.0. The number of aromatic nitrogens is 2. The molecule has 0 radical (unpaired) electrons. The Morgan fingerprint density at radius 3 is 2.64 bits per heavy atom. The van der Waals surface area contributed by atoms with Crippen LogP contribution in [0.4, 0.5) is 0 Å². The van der Waals surface area contributed by atoms with Gasteiger partial charge in [0.15, 0.2) is 0 Å². The van der Waals surface area contributed by atoms with Crippen LogP contribution in [0.3, 0.4) is 0 Å². The summed E-state index contributed by atoms with van der Waals surface area (Å²) in [7, 11) is 0. The summed E-state index contributed by atoms with van der Waals surface area (Å²) < 4.78 is 0. The minimum Gasteiger partial charge on any atom is -0.310 e. The molecule has 1 aromatic rings. The summed E-state index contributed by atoms with van der Waals surface area (Å²) in [5.41, 5.74) is -0.0881. The van der Waals surface area contributed by atoms with Gasteiger partial charge in [0, 0.05) is 17.8 Å². The first-order valence-corrected chi connectivity index (χ1v) is 4.32. The molecular formula is C8H12ClN3O2. The Labute approximate surface area is 86.4 Å². The second-order valence-corrected chi connectivity index (χ2v) is 3.19. The maximum Gasteiger partial charge on any atom is 0.325 e. The van der Waals surface area contributed by atoms with Gasteiger partial charge in [-0.3, -0.25) is 9.78 Å². The fraction of sp³-hybridized carbons (Fsp3) is 0.500. The molecule has 14 heavy (non-hydrogen) atoms. The lowest BCUT2D eigenvalue weighted by molar-refractivity contribution is 0.620. The van der Waals surface area contributed by atoms with Crippen molar-refractivity contribution in [3.63, 3.8) is 0 Å². The monoisotopic (exact) mass is 217 g/mol. The Kier molecular flexibility index (Phi) is 3.49. The number of hydrogen-bond donors (Lipinski definition) is 3. The smallest absolute Gasteiger partial charge is 0.310 e. The van der Waals surface area contributed by atoms with E-state index in [1.807, 2.05) is 0 Å². The lowest BCUT2D eigenvalue weighted by Gasteiger charge is -2.08. The average molecular weight is 218 g/mol. The Hall–Kier alpha value is -1.07. The molecular weight excluding hydrogens is 206 g/mol. The van der Waals surface area contributed by atoms with E-state index < -0.39 is 5.69 Å². The summed E-state index contributed by atoms with van der Waals surface area (Å²) >= 11 is 0. The second kappa shape index (κ2) is 4.43. The third-order valence-electron chi connectivity index (χ3n) is 2.22. The molecule has 0 spiro atoms. The minimum absolute atomic E-state index is 0. The van der Waals surface area contributed by atoms with Crippen molar-refractivity contribution in [2.75, 3.05) is 6.54 Å². The van der Waals surface area contributed by atoms with E-state index in [-0.39, 0.29) is 24.0 Å². The number of rotatable bonds is 1. The van der Waals surface area contributed by atoms with Gasteiger partial charge in [-0.25, -0.2) is 4.79 Å². The van der Waals surface area contributed by atoms with Crippen LogP contribution in [0.25, 0.3) is 0 Å². The molecule has 78 valence electrons. The largest absolute Gasteiger partial charge is 0.325 e. The molecule has 1 fully saturated rings. The van der Waals surface area contributed by atoms with E-state index in [0.29, 0.717) is 5.69 Å². The fourth-order valence-corrected chi connectivity index (χ4v) is 1.63. The van der Waals surface area contributed by atoms with Crippen LogP contribution >= 0.6 is 12.4 Å². The molecule has 1 atom stereocenters. The van der Waals surface area contributed by atoms with Crippen molar-refractivity contribution >= 4 is 12.4 Å². The number of aromatic amines is 2. The van der Waals surface area contributed by atoms with Crippen molar-refractivity contribution in [2.45, 2.75) is 18.9 Å². The van der Waals surface area contributed by atoms with Crippen LogP contribution < -0.4 is 16.6 Å². The van der Waals surface area contributed by atoms with Crippen LogP contribution in [0, 0.1) is 0 Å². The zero-order valence-electron chi connectivity index (χ0n) is 7.50. The quantitative estimate of drug-likeness (QED) is 0.615. The standard InChI is InChI=1S/C8H11N3O2.ClH/c12-7-4-6(10-8(13)11-7)5-2-1-3-9-5;/h4-5,9H,1-3H2,(H2,10,11,12,13);1H. The molecule has 5 nitrogen and oxygen atoms in total. The highest BCUT2D eigenvalue weighted by Gasteiger charge is 2.17. The summed E-state index contributed by atoms with van der Waals surface area (Å²) in [5.74, 6) is 0. The molecule has 2 heterocycles. The van der Waals surface area contributed by atoms with Gasteiger partial charge in [-0.2, -0.15) is 0 Å². The molecule has 1 aromatic heterocycles. The lowest BCUT2D eigenvalue weighted by Crippen LogP contribution is -2.26. The van der Waals surface area contributed by atoms with E-state index >= 15 is 0 Å². The van der Waals surface area contributed by atoms with Gasteiger partial charge in [-0.15, -0.1) is 12.4 Å². The van der Waals surface area contributed by atoms with Gasteiger partial charge in [0.2, 0.25) is 0 Å². The van der Waals surface area contributed by atoms with Crippen molar-refractivity contribution in [2.24, 2.45) is 0 Å². The van der Waals surface area contributed by atoms with Crippen molar-refractivity contribution in [1.82, 2.24) is 15.3 Å². The molecule has 2 rings (SSSR count). The predicted octanol–water partition coefficient (Wildman–Crippen LogP) is -0.0905. The molecule has 1 aliphatic rings. The topological polar surface area (TPSA) is 77.8 Å². The molecule has 0 aromatic carbocycles. The summed E-state index contributed by atoms with van der Waals surface area (Å²) in [6, 6.07) is 1.57. The SMILES string of the molecule is Cl.O=c1cc(C2CCCN2)[nH]c(=O)[nH]1. The highest BCUT2D eigenvalue weighted by molar-refractivity contribution is 5.85. The van der Waals surface area contributed by atoms with E-state index in [2.05, 4.69) is 15.3 Å². The zero-order chi connectivity index (χ0) is 9.26. The summed E-state index contributed by atoms with van der Waals surface area (Å²) in [6.07, 6.45) is 2.05. The van der Waals surface area contributed by atoms with E-state index in [1.54, 1.807) is 0 Å². The molecule has 0 amide bonds. The number of hydrogen-bond acceptors (Lipinski definition) is 3. The van der Waals surface area contributed by atoms with Crippen LogP contribution in [0.15, 0.2) is 15.7 Å². The maximum absolute atomic E-state index is 11.0. The van der Waals surface area contributed by atoms with Crippen LogP contribution in [0.5, 0.6) is 0 Å². The number of nitrogens with one attached hydrogen (secondary N) is 3. The minimum atomic E-state index is -0.434. The van der Waals surface area contributed by atoms with E-state index in [9.17, 15) is 9.59 Å². The first-order chi connectivity index (χ1) is 6.25. The van der Waals surface area contributed by atoms with Crippen molar-refractivity contribution < 1.29 is 0 Å². The Bertz CT molecular complexity index is 377. The van der Waals surface area contributed by atoms with Gasteiger partial charge in [0.1, 0.15) is 0 Å². The van der Waals surface area contributed by atoms with Gasteiger partial charge < -0.3 is 10.3 Å². The van der Waals surface area contributed by atoms with Crippen LogP contribution in [0.1, 0.15) is 24.6 Å². The van der Waals surface area contributed by atoms with Crippen molar-refractivity contribution in [3.05, 3.63) is 32.6 Å². The summed E-state index contributed by atoms with van der Waals surface area (Å²) in [4.78, 5) is 26.6. The van der Waals surface area contributed by atoms with Crippen molar-refractivity contribution in [3.8, 4) is 0 Å². The highest BCUT2D eigenvalue weighted by Crippen LogP contribution is 2.18. The molecule has 1 aliphatic heterocycles. The summed E-state index contributed by atoms with van der Waals surface area (Å²) in [5, 5.41) is 3.20. The van der Waals surface area contributed by atoms with Crippen LogP contribution in [-0.2, 0) is 0 Å². The van der Waals surface area contributed by atoms with Crippen LogP contribution in [-0.4, -0.2) is 16.5 Å². The molecule has 0 saturated carbocycles. The predicted molar refractivity (Wildman–Crippen MR) is 54.9 cm³/mol. The van der Waals surface area contributed by atoms with E-state index in [0.717, 1.165) is 19.4 Å². The third-order valence-corrected chi connectivity index (χ3v) is 2.22. The number of halogens is 1. The lowest BCUT2D eigenvalue weighted by atomic mass is 10.1. The van der Waals surface area contributed by atoms with Gasteiger partial charge in [0.25, 0.3) is 5.56 Å². The highest BCUT2D eigenvalue weighted by atomic mass is 35.5. The summed E-state index contributed by atoms with van der Waals surface area (Å²) in [6.45, 7) is 0.944. The first-order valence-electron chi connectivity index (χ1n) is 4.32. The Morgan fingerprint density at radius 2 is 2.07 bits per heavy atom. The van der Waals surface area contributed by atoms with E-state index in [1.165, 1.54) is 6.07 Å². The van der Waals surface area contributed by atoms with Gasteiger partial charge >= 0.3 is 5.69 Å². The van der Waals surface area contributed by atoms with Gasteiger partial charge in [-0.05, 0) is 19.4 Å². The third kappa shape index (κ3) is 2.24. The molecule has 6 heteroatoms. The molecule has 0 aliphatic carbocycles. The van der Waals surface area contributed by atoms with Gasteiger partial charge in [-0.1, -0.05) is 0 Å². The molecule has 3 N–H and O–H groups in total. The Balaban J connectivity index is 0.000000980. The number of H-pyrrole nitrogens is 2. The van der Waals surface area contributed by atoms with E-state index in [4.69, 9.17) is 0 Å². The van der Waals surface area contributed by atoms with Crippen LogP contribution in [0.2, 0.25) is 0 Å². The molecule has 0 bridgehead atoms. The second-order valence-electron chi connectivity index (χ2n) is 3.19. The van der Waals surface area contributed by atoms with Gasteiger partial charge in [0.05, 0.1) is 0 Å². The Morgan fingerprint density at radius 1 is 1.29 bits per heavy atom. The zero-order valence-corrected chi connectivity index (χ0v) is 8.32. The maximum atomic E-state index is 11.0. The molecule has 1 saturated heterocycles. The van der Waals surface area contributed by atoms with Crippen molar-refractivity contribution in [1.29, 1.82) is 0 Å². The average Bonchev–Trinajstić information content (AvgIpc) is 2.53. The normalized spacial score (nSPS) is 20.4. The molecule has 1 unspecified atom stereocenters.